The highest BCUT2D eigenvalue weighted by molar-refractivity contribution is 5.73. The van der Waals surface area contributed by atoms with Gasteiger partial charge in [0.1, 0.15) is 0 Å². The molecule has 1 fully saturated rings. The number of morpholine rings is 1. The predicted molar refractivity (Wildman–Crippen MR) is 79.4 cm³/mol. The van der Waals surface area contributed by atoms with Crippen LogP contribution in [0.5, 0.6) is 0 Å². The number of amides is 2. The van der Waals surface area contributed by atoms with Crippen LogP contribution in [0, 0.1) is 0 Å². The Morgan fingerprint density at radius 3 is 2.71 bits per heavy atom. The molecule has 122 valence electrons. The Kier molecular flexibility index (Phi) is 8.77. The minimum absolute atomic E-state index is 0.0607. The van der Waals surface area contributed by atoms with Gasteiger partial charge in [0.25, 0.3) is 0 Å². The minimum Gasteiger partial charge on any atom is -0.481 e. The SMILES string of the molecule is CN1CCOC(CNC(=O)NCCCCCCC(=O)O)C1. The molecule has 0 aromatic heterocycles. The van der Waals surface area contributed by atoms with Gasteiger partial charge >= 0.3 is 12.0 Å². The van der Waals surface area contributed by atoms with Crippen molar-refractivity contribution in [2.45, 2.75) is 38.2 Å². The number of carbonyl (C=O) groups is 2. The number of urea groups is 1. The smallest absolute Gasteiger partial charge is 0.314 e. The van der Waals surface area contributed by atoms with Crippen molar-refractivity contribution in [3.8, 4) is 0 Å². The molecule has 0 aliphatic carbocycles. The maximum Gasteiger partial charge on any atom is 0.314 e. The van der Waals surface area contributed by atoms with Crippen molar-refractivity contribution in [3.63, 3.8) is 0 Å². The first-order valence-corrected chi connectivity index (χ1v) is 7.61. The van der Waals surface area contributed by atoms with Gasteiger partial charge in [0.15, 0.2) is 0 Å². The second-order valence-electron chi connectivity index (χ2n) is 5.45. The normalized spacial score (nSPS) is 19.2. The van der Waals surface area contributed by atoms with E-state index in [1.54, 1.807) is 0 Å². The van der Waals surface area contributed by atoms with Crippen LogP contribution in [-0.2, 0) is 9.53 Å². The average molecular weight is 301 g/mol. The van der Waals surface area contributed by atoms with Gasteiger partial charge in [-0.15, -0.1) is 0 Å². The molecular formula is C14H27N3O4. The van der Waals surface area contributed by atoms with E-state index < -0.39 is 5.97 Å². The van der Waals surface area contributed by atoms with Gasteiger partial charge in [0.2, 0.25) is 0 Å². The number of nitrogens with zero attached hydrogens (tertiary/aromatic N) is 1. The van der Waals surface area contributed by atoms with E-state index in [1.165, 1.54) is 0 Å². The third kappa shape index (κ3) is 9.25. The number of carboxylic acid groups (broad SMARTS) is 1. The third-order valence-electron chi connectivity index (χ3n) is 3.44. The first-order valence-electron chi connectivity index (χ1n) is 7.61. The zero-order valence-corrected chi connectivity index (χ0v) is 12.8. The van der Waals surface area contributed by atoms with E-state index >= 15 is 0 Å². The summed E-state index contributed by atoms with van der Waals surface area (Å²) in [5.41, 5.74) is 0. The highest BCUT2D eigenvalue weighted by atomic mass is 16.5. The number of ether oxygens (including phenoxy) is 1. The van der Waals surface area contributed by atoms with E-state index in [0.717, 1.165) is 32.4 Å². The van der Waals surface area contributed by atoms with E-state index in [1.807, 2.05) is 7.05 Å². The van der Waals surface area contributed by atoms with Crippen LogP contribution in [-0.4, -0.2) is 67.9 Å². The zero-order chi connectivity index (χ0) is 15.5. The van der Waals surface area contributed by atoms with Gasteiger partial charge in [-0.05, 0) is 19.9 Å². The summed E-state index contributed by atoms with van der Waals surface area (Å²) in [6, 6.07) is -0.169. The van der Waals surface area contributed by atoms with Crippen molar-refractivity contribution < 1.29 is 19.4 Å². The Morgan fingerprint density at radius 2 is 2.00 bits per heavy atom. The lowest BCUT2D eigenvalue weighted by atomic mass is 10.1. The lowest BCUT2D eigenvalue weighted by Gasteiger charge is -2.30. The number of carbonyl (C=O) groups excluding carboxylic acids is 1. The summed E-state index contributed by atoms with van der Waals surface area (Å²) >= 11 is 0. The highest BCUT2D eigenvalue weighted by Gasteiger charge is 2.17. The maximum atomic E-state index is 11.6. The summed E-state index contributed by atoms with van der Waals surface area (Å²) in [7, 11) is 2.04. The molecule has 0 aromatic carbocycles. The standard InChI is InChI=1S/C14H27N3O4/c1-17-8-9-21-12(11-17)10-16-14(20)15-7-5-3-2-4-6-13(18)19/h12H,2-11H2,1H3,(H,18,19)(H2,15,16,20). The lowest BCUT2D eigenvalue weighted by molar-refractivity contribution is -0.137. The van der Waals surface area contributed by atoms with Crippen LogP contribution in [0.2, 0.25) is 0 Å². The Morgan fingerprint density at radius 1 is 1.24 bits per heavy atom. The largest absolute Gasteiger partial charge is 0.481 e. The van der Waals surface area contributed by atoms with Crippen molar-refractivity contribution in [2.75, 3.05) is 39.8 Å². The van der Waals surface area contributed by atoms with Gasteiger partial charge in [-0.3, -0.25) is 4.79 Å². The summed E-state index contributed by atoms with van der Waals surface area (Å²) in [5, 5.41) is 14.1. The van der Waals surface area contributed by atoms with Gasteiger partial charge in [-0.25, -0.2) is 4.79 Å². The van der Waals surface area contributed by atoms with Crippen LogP contribution in [0.1, 0.15) is 32.1 Å². The minimum atomic E-state index is -0.747. The van der Waals surface area contributed by atoms with Gasteiger partial charge in [0, 0.05) is 32.6 Å². The number of likely N-dealkylation sites (N-methyl/N-ethyl adjacent to an activating group) is 1. The van der Waals surface area contributed by atoms with Gasteiger partial charge in [0.05, 0.1) is 12.7 Å². The Labute approximate surface area is 126 Å². The van der Waals surface area contributed by atoms with Crippen LogP contribution in [0.3, 0.4) is 0 Å². The maximum absolute atomic E-state index is 11.6. The Hall–Kier alpha value is -1.34. The van der Waals surface area contributed by atoms with Crippen molar-refractivity contribution in [1.82, 2.24) is 15.5 Å². The molecule has 1 unspecified atom stereocenters. The van der Waals surface area contributed by atoms with Crippen molar-refractivity contribution in [2.24, 2.45) is 0 Å². The first kappa shape index (κ1) is 17.7. The molecule has 1 aliphatic rings. The second-order valence-corrected chi connectivity index (χ2v) is 5.45. The molecule has 2 amide bonds. The van der Waals surface area contributed by atoms with Gasteiger partial charge in [-0.2, -0.15) is 0 Å². The molecule has 7 heteroatoms. The number of rotatable bonds is 9. The average Bonchev–Trinajstić information content (AvgIpc) is 2.44. The molecule has 21 heavy (non-hydrogen) atoms. The lowest BCUT2D eigenvalue weighted by Crippen LogP contribution is -2.47. The summed E-state index contributed by atoms with van der Waals surface area (Å²) in [5.74, 6) is -0.747. The summed E-state index contributed by atoms with van der Waals surface area (Å²) < 4.78 is 5.56. The van der Waals surface area contributed by atoms with E-state index in [9.17, 15) is 9.59 Å². The van der Waals surface area contributed by atoms with Crippen LogP contribution in [0.15, 0.2) is 0 Å². The van der Waals surface area contributed by atoms with Crippen LogP contribution >= 0.6 is 0 Å². The van der Waals surface area contributed by atoms with E-state index in [2.05, 4.69) is 15.5 Å². The fourth-order valence-corrected chi connectivity index (χ4v) is 2.22. The Balaban J connectivity index is 1.93. The molecule has 1 atom stereocenters. The van der Waals surface area contributed by atoms with Crippen molar-refractivity contribution in [1.29, 1.82) is 0 Å². The van der Waals surface area contributed by atoms with Crippen LogP contribution in [0.4, 0.5) is 4.79 Å². The molecule has 0 aromatic rings. The van der Waals surface area contributed by atoms with Gasteiger partial charge in [-0.1, -0.05) is 12.8 Å². The highest BCUT2D eigenvalue weighted by Crippen LogP contribution is 2.02. The molecule has 3 N–H and O–H groups in total. The fourth-order valence-electron chi connectivity index (χ4n) is 2.22. The number of hydrogen-bond acceptors (Lipinski definition) is 4. The molecule has 0 saturated carbocycles. The fraction of sp³-hybridized carbons (Fsp3) is 0.857. The van der Waals surface area contributed by atoms with E-state index in [0.29, 0.717) is 26.1 Å². The molecule has 1 rings (SSSR count). The molecule has 0 spiro atoms. The second kappa shape index (κ2) is 10.4. The summed E-state index contributed by atoms with van der Waals surface area (Å²) in [4.78, 5) is 24.1. The number of aliphatic carboxylic acids is 1. The molecule has 0 radical (unpaired) electrons. The summed E-state index contributed by atoms with van der Waals surface area (Å²) in [6.07, 6.45) is 3.68. The van der Waals surface area contributed by atoms with E-state index in [4.69, 9.17) is 9.84 Å². The van der Waals surface area contributed by atoms with Crippen molar-refractivity contribution >= 4 is 12.0 Å². The number of nitrogens with one attached hydrogen (secondary N) is 2. The Bertz CT molecular complexity index is 325. The molecular weight excluding hydrogens is 274 g/mol. The van der Waals surface area contributed by atoms with Crippen LogP contribution in [0.25, 0.3) is 0 Å². The summed E-state index contributed by atoms with van der Waals surface area (Å²) in [6.45, 7) is 3.62. The number of hydrogen-bond donors (Lipinski definition) is 3. The molecule has 1 saturated heterocycles. The third-order valence-corrected chi connectivity index (χ3v) is 3.44. The molecule has 7 nitrogen and oxygen atoms in total. The first-order chi connectivity index (χ1) is 10.1. The number of carboxylic acids is 1. The van der Waals surface area contributed by atoms with Crippen LogP contribution < -0.4 is 10.6 Å². The van der Waals surface area contributed by atoms with Gasteiger partial charge < -0.3 is 25.4 Å². The monoisotopic (exact) mass is 301 g/mol. The van der Waals surface area contributed by atoms with E-state index in [-0.39, 0.29) is 18.6 Å². The zero-order valence-electron chi connectivity index (χ0n) is 12.8. The molecule has 1 aliphatic heterocycles. The molecule has 1 heterocycles. The molecule has 0 bridgehead atoms. The predicted octanol–water partition coefficient (Wildman–Crippen LogP) is 0.651. The number of unbranched alkanes of at least 4 members (excludes halogenated alkanes) is 3. The van der Waals surface area contributed by atoms with Crippen molar-refractivity contribution in [3.05, 3.63) is 0 Å². The topological polar surface area (TPSA) is 90.9 Å². The quantitative estimate of drug-likeness (QED) is 0.544.